The van der Waals surface area contributed by atoms with Crippen LogP contribution in [0.3, 0.4) is 0 Å². The number of hydrogen-bond donors (Lipinski definition) is 1. The van der Waals surface area contributed by atoms with Gasteiger partial charge >= 0.3 is 0 Å². The average molecular weight is 449 g/mol. The molecule has 0 radical (unpaired) electrons. The van der Waals surface area contributed by atoms with Crippen LogP contribution in [0, 0.1) is 0 Å². The molecular weight excluding hydrogens is 419 g/mol. The zero-order valence-electron chi connectivity index (χ0n) is 17.2. The zero-order chi connectivity index (χ0) is 19.8. The number of likely N-dealkylation sites (N-methyl/N-ethyl adjacent to an activating group) is 1. The van der Waals surface area contributed by atoms with Crippen LogP contribution >= 0.6 is 24.8 Å². The van der Waals surface area contributed by atoms with Crippen molar-refractivity contribution in [3.8, 4) is 0 Å². The second kappa shape index (κ2) is 13.1. The molecule has 30 heavy (non-hydrogen) atoms. The predicted octanol–water partition coefficient (Wildman–Crippen LogP) is 3.74. The summed E-state index contributed by atoms with van der Waals surface area (Å²) in [5.74, 6) is -0.0176. The van der Waals surface area contributed by atoms with Crippen molar-refractivity contribution in [1.29, 1.82) is 0 Å². The Morgan fingerprint density at radius 2 is 1.63 bits per heavy atom. The second-order valence-corrected chi connectivity index (χ2v) is 6.99. The molecular formula is C23H30Cl2N4O. The number of aromatic nitrogens is 2. The fraction of sp³-hybridized carbons (Fsp3) is 0.304. The van der Waals surface area contributed by atoms with Gasteiger partial charge in [-0.2, -0.15) is 0 Å². The number of hydrogen-bond acceptors (Lipinski definition) is 3. The molecule has 162 valence electrons. The van der Waals surface area contributed by atoms with Crippen LogP contribution in [0.15, 0.2) is 73.2 Å². The molecule has 0 saturated carbocycles. The van der Waals surface area contributed by atoms with Crippen molar-refractivity contribution in [2.45, 2.75) is 32.4 Å². The summed E-state index contributed by atoms with van der Waals surface area (Å²) < 4.78 is 2.02. The first-order valence-corrected chi connectivity index (χ1v) is 9.78. The molecule has 5 nitrogen and oxygen atoms in total. The van der Waals surface area contributed by atoms with E-state index >= 15 is 0 Å². The summed E-state index contributed by atoms with van der Waals surface area (Å²) >= 11 is 0. The highest BCUT2D eigenvalue weighted by molar-refractivity contribution is 5.85. The molecule has 3 aromatic rings. The Morgan fingerprint density at radius 1 is 1.03 bits per heavy atom. The van der Waals surface area contributed by atoms with E-state index in [1.165, 1.54) is 11.1 Å². The molecule has 0 aliphatic carbocycles. The fourth-order valence-corrected chi connectivity index (χ4v) is 3.27. The zero-order valence-corrected chi connectivity index (χ0v) is 18.8. The van der Waals surface area contributed by atoms with Crippen LogP contribution in [0.25, 0.3) is 0 Å². The minimum absolute atomic E-state index is 0. The van der Waals surface area contributed by atoms with Crippen LogP contribution in [-0.4, -0.2) is 39.5 Å². The maximum atomic E-state index is 12.8. The molecule has 2 N–H and O–H groups in total. The van der Waals surface area contributed by atoms with Gasteiger partial charge in [-0.1, -0.05) is 60.7 Å². The Balaban J connectivity index is 0.00000225. The number of amides is 1. The van der Waals surface area contributed by atoms with Crippen LogP contribution in [-0.2, 0) is 24.2 Å². The minimum atomic E-state index is -0.573. The van der Waals surface area contributed by atoms with Gasteiger partial charge in [-0.3, -0.25) is 4.79 Å². The van der Waals surface area contributed by atoms with Gasteiger partial charge in [-0.25, -0.2) is 4.98 Å². The van der Waals surface area contributed by atoms with Gasteiger partial charge < -0.3 is 15.2 Å². The van der Waals surface area contributed by atoms with E-state index in [0.717, 1.165) is 18.7 Å². The van der Waals surface area contributed by atoms with Crippen molar-refractivity contribution < 1.29 is 4.79 Å². The second-order valence-electron chi connectivity index (χ2n) is 6.99. The van der Waals surface area contributed by atoms with Gasteiger partial charge in [0.2, 0.25) is 5.91 Å². The molecule has 0 bridgehead atoms. The molecule has 0 aliphatic rings. The molecule has 0 spiro atoms. The third-order valence-electron chi connectivity index (χ3n) is 4.85. The summed E-state index contributed by atoms with van der Waals surface area (Å²) in [5.41, 5.74) is 9.50. The average Bonchev–Trinajstić information content (AvgIpc) is 3.16. The van der Waals surface area contributed by atoms with Crippen molar-refractivity contribution in [3.05, 3.63) is 90.0 Å². The van der Waals surface area contributed by atoms with Crippen LogP contribution in [0.5, 0.6) is 0 Å². The van der Waals surface area contributed by atoms with Crippen molar-refractivity contribution in [1.82, 2.24) is 14.5 Å². The number of nitrogens with two attached hydrogens (primary N) is 1. The molecule has 1 amide bonds. The highest BCUT2D eigenvalue weighted by Gasteiger charge is 2.21. The van der Waals surface area contributed by atoms with Crippen LogP contribution in [0.4, 0.5) is 0 Å². The summed E-state index contributed by atoms with van der Waals surface area (Å²) in [6.45, 7) is 4.08. The number of nitrogens with zero attached hydrogens (tertiary/aromatic N) is 3. The van der Waals surface area contributed by atoms with Crippen molar-refractivity contribution in [2.75, 3.05) is 13.1 Å². The van der Waals surface area contributed by atoms with E-state index in [2.05, 4.69) is 29.2 Å². The van der Waals surface area contributed by atoms with E-state index in [0.29, 0.717) is 19.5 Å². The molecule has 2 aromatic carbocycles. The highest BCUT2D eigenvalue weighted by Crippen LogP contribution is 2.08. The van der Waals surface area contributed by atoms with Gasteiger partial charge in [0, 0.05) is 32.3 Å². The third kappa shape index (κ3) is 7.48. The first-order valence-electron chi connectivity index (χ1n) is 9.78. The lowest BCUT2D eigenvalue weighted by molar-refractivity contribution is -0.132. The predicted molar refractivity (Wildman–Crippen MR) is 126 cm³/mol. The summed E-state index contributed by atoms with van der Waals surface area (Å²) in [7, 11) is 0. The molecule has 7 heteroatoms. The van der Waals surface area contributed by atoms with E-state index in [-0.39, 0.29) is 30.7 Å². The monoisotopic (exact) mass is 448 g/mol. The lowest BCUT2D eigenvalue weighted by Crippen LogP contribution is -2.45. The van der Waals surface area contributed by atoms with Gasteiger partial charge in [-0.15, -0.1) is 24.8 Å². The molecule has 3 rings (SSSR count). The Kier molecular flexibility index (Phi) is 11.2. The summed E-state index contributed by atoms with van der Waals surface area (Å²) in [4.78, 5) is 19.0. The van der Waals surface area contributed by atoms with Gasteiger partial charge in [0.1, 0.15) is 0 Å². The van der Waals surface area contributed by atoms with Gasteiger partial charge in [0.25, 0.3) is 0 Å². The number of carbonyl (C=O) groups is 1. The molecule has 1 atom stereocenters. The van der Waals surface area contributed by atoms with Crippen molar-refractivity contribution in [2.24, 2.45) is 5.73 Å². The van der Waals surface area contributed by atoms with Crippen molar-refractivity contribution in [3.63, 3.8) is 0 Å². The maximum Gasteiger partial charge on any atom is 0.239 e. The quantitative estimate of drug-likeness (QED) is 0.542. The normalized spacial score (nSPS) is 11.1. The lowest BCUT2D eigenvalue weighted by atomic mass is 10.1. The number of rotatable bonds is 9. The standard InChI is InChI=1S/C23H28N4O.2ClH/c1-2-27(14-13-19-9-5-3-6-10-19)23(28)22(24)15-21-17-26(18-25-21)16-20-11-7-4-8-12-20;;/h3-12,17-18,22H,2,13-16,24H2,1H3;2*1H/t22-;;/m0../s1. The van der Waals surface area contributed by atoms with E-state index in [4.69, 9.17) is 5.73 Å². The van der Waals surface area contributed by atoms with E-state index in [9.17, 15) is 4.79 Å². The van der Waals surface area contributed by atoms with Crippen molar-refractivity contribution >= 4 is 30.7 Å². The first kappa shape index (κ1) is 25.7. The molecule has 0 unspecified atom stereocenters. The molecule has 0 fully saturated rings. The Morgan fingerprint density at radius 3 is 2.23 bits per heavy atom. The molecule has 1 aromatic heterocycles. The Bertz CT molecular complexity index is 871. The van der Waals surface area contributed by atoms with E-state index in [1.54, 1.807) is 6.33 Å². The third-order valence-corrected chi connectivity index (χ3v) is 4.85. The fourth-order valence-electron chi connectivity index (χ4n) is 3.27. The van der Waals surface area contributed by atoms with Gasteiger partial charge in [0.05, 0.1) is 18.1 Å². The number of carbonyl (C=O) groups excluding carboxylic acids is 1. The number of halogens is 2. The molecule has 0 saturated heterocycles. The van der Waals surface area contributed by atoms with Crippen LogP contribution in [0.1, 0.15) is 23.7 Å². The largest absolute Gasteiger partial charge is 0.341 e. The first-order chi connectivity index (χ1) is 13.7. The minimum Gasteiger partial charge on any atom is -0.341 e. The summed E-state index contributed by atoms with van der Waals surface area (Å²) in [5, 5.41) is 0. The Hall–Kier alpha value is -2.34. The smallest absolute Gasteiger partial charge is 0.239 e. The molecule has 0 aliphatic heterocycles. The highest BCUT2D eigenvalue weighted by atomic mass is 35.5. The molecule has 1 heterocycles. The maximum absolute atomic E-state index is 12.8. The number of benzene rings is 2. The summed E-state index contributed by atoms with van der Waals surface area (Å²) in [6, 6.07) is 19.8. The lowest BCUT2D eigenvalue weighted by Gasteiger charge is -2.24. The number of imidazole rings is 1. The van der Waals surface area contributed by atoms with Gasteiger partial charge in [0.15, 0.2) is 0 Å². The van der Waals surface area contributed by atoms with E-state index < -0.39 is 6.04 Å². The summed E-state index contributed by atoms with van der Waals surface area (Å²) in [6.07, 6.45) is 5.05. The van der Waals surface area contributed by atoms with Crippen LogP contribution in [0.2, 0.25) is 0 Å². The topological polar surface area (TPSA) is 64.2 Å². The van der Waals surface area contributed by atoms with Crippen LogP contribution < -0.4 is 5.73 Å². The SMILES string of the molecule is CCN(CCc1ccccc1)C(=O)[C@@H](N)Cc1cn(Cc2ccccc2)cn1.Cl.Cl. The van der Waals surface area contributed by atoms with E-state index in [1.807, 2.05) is 59.0 Å². The Labute approximate surface area is 191 Å². The van der Waals surface area contributed by atoms with Gasteiger partial charge in [-0.05, 0) is 24.5 Å².